The lowest BCUT2D eigenvalue weighted by molar-refractivity contribution is -0.120. The number of benzene rings is 2. The first kappa shape index (κ1) is 17.5. The highest BCUT2D eigenvalue weighted by Gasteiger charge is 2.22. The molecule has 0 saturated heterocycles. The first-order valence-corrected chi connectivity index (χ1v) is 8.13. The summed E-state index contributed by atoms with van der Waals surface area (Å²) in [4.78, 5) is 24.2. The SMILES string of the molecule is CCNC(=O)NC(=O)[C@H](Nc1cccc(CC)c1)c1ccccc1. The Morgan fingerprint density at radius 3 is 2.42 bits per heavy atom. The molecule has 24 heavy (non-hydrogen) atoms. The van der Waals surface area contributed by atoms with Crippen LogP contribution in [0.3, 0.4) is 0 Å². The van der Waals surface area contributed by atoms with Gasteiger partial charge in [-0.2, -0.15) is 0 Å². The Hall–Kier alpha value is -2.82. The van der Waals surface area contributed by atoms with Gasteiger partial charge in [-0.1, -0.05) is 49.4 Å². The van der Waals surface area contributed by atoms with Crippen LogP contribution in [0.1, 0.15) is 31.0 Å². The summed E-state index contributed by atoms with van der Waals surface area (Å²) in [5, 5.41) is 8.17. The van der Waals surface area contributed by atoms with Crippen LogP contribution in [0.4, 0.5) is 10.5 Å². The number of urea groups is 1. The fourth-order valence-corrected chi connectivity index (χ4v) is 2.38. The van der Waals surface area contributed by atoms with E-state index in [4.69, 9.17) is 0 Å². The highest BCUT2D eigenvalue weighted by atomic mass is 16.2. The average molecular weight is 325 g/mol. The Kier molecular flexibility index (Phi) is 6.37. The summed E-state index contributed by atoms with van der Waals surface area (Å²) in [6.45, 7) is 4.34. The van der Waals surface area contributed by atoms with Crippen LogP contribution in [0.5, 0.6) is 0 Å². The molecular weight excluding hydrogens is 302 g/mol. The summed E-state index contributed by atoms with van der Waals surface area (Å²) in [6.07, 6.45) is 0.913. The third-order valence-corrected chi connectivity index (χ3v) is 3.62. The van der Waals surface area contributed by atoms with Gasteiger partial charge in [-0.25, -0.2) is 4.79 Å². The topological polar surface area (TPSA) is 70.2 Å². The fraction of sp³-hybridized carbons (Fsp3) is 0.263. The fourth-order valence-electron chi connectivity index (χ4n) is 2.38. The van der Waals surface area contributed by atoms with Crippen LogP contribution in [0.15, 0.2) is 54.6 Å². The van der Waals surface area contributed by atoms with E-state index in [2.05, 4.69) is 22.9 Å². The maximum absolute atomic E-state index is 12.6. The van der Waals surface area contributed by atoms with Crippen LogP contribution in [0.25, 0.3) is 0 Å². The maximum Gasteiger partial charge on any atom is 0.321 e. The largest absolute Gasteiger partial charge is 0.370 e. The van der Waals surface area contributed by atoms with Crippen molar-refractivity contribution in [2.75, 3.05) is 11.9 Å². The van der Waals surface area contributed by atoms with E-state index in [-0.39, 0.29) is 0 Å². The second-order valence-electron chi connectivity index (χ2n) is 5.39. The number of carbonyl (C=O) groups excluding carboxylic acids is 2. The average Bonchev–Trinajstić information content (AvgIpc) is 2.60. The molecule has 5 nitrogen and oxygen atoms in total. The van der Waals surface area contributed by atoms with Crippen molar-refractivity contribution in [3.8, 4) is 0 Å². The van der Waals surface area contributed by atoms with Gasteiger partial charge in [0.1, 0.15) is 6.04 Å². The van der Waals surface area contributed by atoms with Crippen molar-refractivity contribution in [3.63, 3.8) is 0 Å². The summed E-state index contributed by atoms with van der Waals surface area (Å²) >= 11 is 0. The summed E-state index contributed by atoms with van der Waals surface area (Å²) in [5.74, 6) is -0.394. The minimum Gasteiger partial charge on any atom is -0.370 e. The number of imide groups is 1. The highest BCUT2D eigenvalue weighted by molar-refractivity contribution is 5.98. The molecule has 0 radical (unpaired) electrons. The first-order valence-electron chi connectivity index (χ1n) is 8.13. The number of aryl methyl sites for hydroxylation is 1. The number of carbonyl (C=O) groups is 2. The van der Waals surface area contributed by atoms with Crippen molar-refractivity contribution in [2.24, 2.45) is 0 Å². The van der Waals surface area contributed by atoms with Gasteiger partial charge in [-0.05, 0) is 36.6 Å². The highest BCUT2D eigenvalue weighted by Crippen LogP contribution is 2.21. The molecule has 3 N–H and O–H groups in total. The number of anilines is 1. The van der Waals surface area contributed by atoms with Gasteiger partial charge in [0.15, 0.2) is 0 Å². The van der Waals surface area contributed by atoms with Crippen molar-refractivity contribution in [1.82, 2.24) is 10.6 Å². The number of rotatable bonds is 6. The van der Waals surface area contributed by atoms with Crippen molar-refractivity contribution in [1.29, 1.82) is 0 Å². The molecule has 3 amide bonds. The van der Waals surface area contributed by atoms with Crippen molar-refractivity contribution >= 4 is 17.6 Å². The molecule has 2 aromatic rings. The third kappa shape index (κ3) is 4.84. The van der Waals surface area contributed by atoms with Crippen molar-refractivity contribution in [3.05, 3.63) is 65.7 Å². The van der Waals surface area contributed by atoms with E-state index in [0.29, 0.717) is 6.54 Å². The molecule has 0 saturated carbocycles. The zero-order valence-electron chi connectivity index (χ0n) is 14.0. The van der Waals surface area contributed by atoms with Crippen molar-refractivity contribution in [2.45, 2.75) is 26.3 Å². The van der Waals surface area contributed by atoms with Crippen LogP contribution in [0.2, 0.25) is 0 Å². The normalized spacial score (nSPS) is 11.4. The minimum atomic E-state index is -0.652. The number of hydrogen-bond acceptors (Lipinski definition) is 3. The third-order valence-electron chi connectivity index (χ3n) is 3.62. The lowest BCUT2D eigenvalue weighted by Gasteiger charge is -2.20. The Bertz CT molecular complexity index is 686. The molecule has 0 unspecified atom stereocenters. The van der Waals surface area contributed by atoms with Gasteiger partial charge in [0.25, 0.3) is 5.91 Å². The van der Waals surface area contributed by atoms with E-state index in [9.17, 15) is 9.59 Å². The molecule has 0 bridgehead atoms. The Labute approximate surface area is 142 Å². The second-order valence-corrected chi connectivity index (χ2v) is 5.39. The molecule has 0 aliphatic carbocycles. The predicted octanol–water partition coefficient (Wildman–Crippen LogP) is 3.25. The summed E-state index contributed by atoms with van der Waals surface area (Å²) in [5.41, 5.74) is 2.81. The Morgan fingerprint density at radius 2 is 1.75 bits per heavy atom. The van der Waals surface area contributed by atoms with Crippen LogP contribution >= 0.6 is 0 Å². The monoisotopic (exact) mass is 325 g/mol. The number of nitrogens with one attached hydrogen (secondary N) is 3. The van der Waals surface area contributed by atoms with E-state index >= 15 is 0 Å². The van der Waals surface area contributed by atoms with E-state index in [0.717, 1.165) is 17.7 Å². The van der Waals surface area contributed by atoms with Gasteiger partial charge in [0, 0.05) is 12.2 Å². The molecule has 2 aromatic carbocycles. The summed E-state index contributed by atoms with van der Waals surface area (Å²) in [7, 11) is 0. The molecule has 0 aliphatic heterocycles. The first-order chi connectivity index (χ1) is 11.6. The second kappa shape index (κ2) is 8.72. The van der Waals surface area contributed by atoms with E-state index < -0.39 is 18.0 Å². The maximum atomic E-state index is 12.6. The van der Waals surface area contributed by atoms with E-state index in [1.165, 1.54) is 5.56 Å². The molecule has 0 fully saturated rings. The van der Waals surface area contributed by atoms with E-state index in [1.807, 2.05) is 54.6 Å². The van der Waals surface area contributed by atoms with Crippen LogP contribution in [-0.4, -0.2) is 18.5 Å². The lowest BCUT2D eigenvalue weighted by atomic mass is 10.1. The molecule has 2 rings (SSSR count). The zero-order chi connectivity index (χ0) is 17.4. The zero-order valence-corrected chi connectivity index (χ0v) is 14.0. The van der Waals surface area contributed by atoms with Gasteiger partial charge in [0.05, 0.1) is 0 Å². The Balaban J connectivity index is 2.22. The minimum absolute atomic E-state index is 0.394. The smallest absolute Gasteiger partial charge is 0.321 e. The quantitative estimate of drug-likeness (QED) is 0.763. The molecule has 0 spiro atoms. The molecule has 126 valence electrons. The molecule has 0 aliphatic rings. The molecule has 5 heteroatoms. The van der Waals surface area contributed by atoms with E-state index in [1.54, 1.807) is 6.92 Å². The summed E-state index contributed by atoms with van der Waals surface area (Å²) in [6, 6.07) is 16.1. The van der Waals surface area contributed by atoms with Gasteiger partial charge in [-0.3, -0.25) is 10.1 Å². The number of hydrogen-bond donors (Lipinski definition) is 3. The predicted molar refractivity (Wildman–Crippen MR) is 95.8 cm³/mol. The molecular formula is C19H23N3O2. The van der Waals surface area contributed by atoms with Crippen LogP contribution in [0, 0.1) is 0 Å². The Morgan fingerprint density at radius 1 is 1.00 bits per heavy atom. The van der Waals surface area contributed by atoms with Crippen LogP contribution < -0.4 is 16.0 Å². The van der Waals surface area contributed by atoms with Gasteiger partial charge in [0.2, 0.25) is 0 Å². The van der Waals surface area contributed by atoms with Crippen LogP contribution in [-0.2, 0) is 11.2 Å². The molecule has 1 atom stereocenters. The molecule has 0 heterocycles. The van der Waals surface area contributed by atoms with Gasteiger partial charge >= 0.3 is 6.03 Å². The standard InChI is InChI=1S/C19H23N3O2/c1-3-14-9-8-12-16(13-14)21-17(15-10-6-5-7-11-15)18(23)22-19(24)20-4-2/h5-13,17,21H,3-4H2,1-2H3,(H2,20,22,23,24)/t17-/m1/s1. The molecule has 0 aromatic heterocycles. The van der Waals surface area contributed by atoms with Crippen molar-refractivity contribution < 1.29 is 9.59 Å². The summed E-state index contributed by atoms with van der Waals surface area (Å²) < 4.78 is 0. The van der Waals surface area contributed by atoms with Gasteiger partial charge in [-0.15, -0.1) is 0 Å². The lowest BCUT2D eigenvalue weighted by Crippen LogP contribution is -2.43. The van der Waals surface area contributed by atoms with Gasteiger partial charge < -0.3 is 10.6 Å². The number of amides is 3.